The summed E-state index contributed by atoms with van der Waals surface area (Å²) in [4.78, 5) is 18.1. The number of nitrogens with zero attached hydrogens (tertiary/aromatic N) is 5. The third-order valence-electron chi connectivity index (χ3n) is 5.03. The van der Waals surface area contributed by atoms with Gasteiger partial charge < -0.3 is 9.32 Å². The zero-order valence-electron chi connectivity index (χ0n) is 15.9. The van der Waals surface area contributed by atoms with Crippen LogP contribution in [-0.4, -0.2) is 39.5 Å². The number of hydrogen-bond acceptors (Lipinski definition) is 6. The molecule has 0 unspecified atom stereocenters. The van der Waals surface area contributed by atoms with Gasteiger partial charge in [-0.3, -0.25) is 9.88 Å². The van der Waals surface area contributed by atoms with E-state index in [2.05, 4.69) is 45.7 Å². The smallest absolute Gasteiger partial charge is 0.195 e. The zero-order valence-corrected chi connectivity index (χ0v) is 15.9. The Hall–Kier alpha value is -2.73. The molecular weight excluding hydrogens is 338 g/mol. The molecule has 0 aromatic carbocycles. The number of pyridine rings is 1. The Labute approximate surface area is 159 Å². The van der Waals surface area contributed by atoms with Crippen molar-refractivity contribution in [1.82, 2.24) is 19.9 Å². The molecule has 0 amide bonds. The van der Waals surface area contributed by atoms with Crippen molar-refractivity contribution in [1.29, 1.82) is 0 Å². The lowest BCUT2D eigenvalue weighted by Gasteiger charge is -2.27. The Morgan fingerprint density at radius 1 is 1.15 bits per heavy atom. The molecule has 1 aliphatic heterocycles. The molecule has 6 nitrogen and oxygen atoms in total. The molecule has 6 heteroatoms. The molecule has 27 heavy (non-hydrogen) atoms. The van der Waals surface area contributed by atoms with Gasteiger partial charge in [-0.15, -0.1) is 0 Å². The van der Waals surface area contributed by atoms with Crippen molar-refractivity contribution >= 4 is 5.88 Å². The van der Waals surface area contributed by atoms with Gasteiger partial charge in [0.15, 0.2) is 11.7 Å². The number of aromatic nitrogens is 3. The van der Waals surface area contributed by atoms with Crippen LogP contribution in [0, 0.1) is 0 Å². The SMILES string of the molecule is CCN(CC)c1ccc(CN2CCc3nc(-c4cccnc4)ncc3C2)o1. The highest BCUT2D eigenvalue weighted by Crippen LogP contribution is 2.24. The maximum atomic E-state index is 6.04. The second kappa shape index (κ2) is 7.88. The average Bonchev–Trinajstić information content (AvgIpc) is 3.17. The van der Waals surface area contributed by atoms with Gasteiger partial charge in [0, 0.05) is 68.4 Å². The van der Waals surface area contributed by atoms with Gasteiger partial charge in [0.25, 0.3) is 0 Å². The Morgan fingerprint density at radius 2 is 2.04 bits per heavy atom. The average molecular weight is 363 g/mol. The summed E-state index contributed by atoms with van der Waals surface area (Å²) in [5.74, 6) is 2.72. The summed E-state index contributed by atoms with van der Waals surface area (Å²) in [6.07, 6.45) is 6.45. The molecule has 0 aliphatic carbocycles. The van der Waals surface area contributed by atoms with E-state index < -0.39 is 0 Å². The maximum Gasteiger partial charge on any atom is 0.195 e. The van der Waals surface area contributed by atoms with Crippen molar-refractivity contribution in [2.24, 2.45) is 0 Å². The van der Waals surface area contributed by atoms with Crippen molar-refractivity contribution in [2.75, 3.05) is 24.5 Å². The van der Waals surface area contributed by atoms with E-state index in [1.165, 1.54) is 5.56 Å². The normalized spacial score (nSPS) is 14.1. The van der Waals surface area contributed by atoms with Gasteiger partial charge in [-0.2, -0.15) is 0 Å². The van der Waals surface area contributed by atoms with Gasteiger partial charge in [0.05, 0.1) is 12.2 Å². The largest absolute Gasteiger partial charge is 0.444 e. The minimum atomic E-state index is 0.755. The number of fused-ring (bicyclic) bond motifs is 1. The molecule has 140 valence electrons. The van der Waals surface area contributed by atoms with Crippen LogP contribution in [0.3, 0.4) is 0 Å². The molecule has 0 spiro atoms. The first-order valence-electron chi connectivity index (χ1n) is 9.58. The van der Waals surface area contributed by atoms with E-state index in [-0.39, 0.29) is 0 Å². The van der Waals surface area contributed by atoms with E-state index in [1.54, 1.807) is 12.4 Å². The van der Waals surface area contributed by atoms with Crippen molar-refractivity contribution in [3.63, 3.8) is 0 Å². The quantitative estimate of drug-likeness (QED) is 0.668. The van der Waals surface area contributed by atoms with Crippen molar-refractivity contribution in [3.05, 3.63) is 59.9 Å². The standard InChI is InChI=1S/C21H25N5O/c1-3-26(4-2)20-8-7-18(27-20)15-25-11-9-19-17(14-25)13-23-21(24-19)16-6-5-10-22-12-16/h5-8,10,12-13H,3-4,9,11,14-15H2,1-2H3. The predicted octanol–water partition coefficient (Wildman–Crippen LogP) is 3.54. The second-order valence-corrected chi connectivity index (χ2v) is 6.78. The van der Waals surface area contributed by atoms with Crippen LogP contribution in [0.2, 0.25) is 0 Å². The van der Waals surface area contributed by atoms with Crippen LogP contribution in [0.4, 0.5) is 5.88 Å². The highest BCUT2D eigenvalue weighted by molar-refractivity contribution is 5.53. The summed E-state index contributed by atoms with van der Waals surface area (Å²) in [5.41, 5.74) is 3.30. The van der Waals surface area contributed by atoms with Crippen molar-refractivity contribution in [3.8, 4) is 11.4 Å². The molecule has 0 saturated heterocycles. The van der Waals surface area contributed by atoms with Crippen molar-refractivity contribution < 1.29 is 4.42 Å². The fraction of sp³-hybridized carbons (Fsp3) is 0.381. The van der Waals surface area contributed by atoms with Gasteiger partial charge >= 0.3 is 0 Å². The van der Waals surface area contributed by atoms with Crippen LogP contribution in [0.1, 0.15) is 30.9 Å². The first kappa shape index (κ1) is 17.7. The maximum absolute atomic E-state index is 6.04. The highest BCUT2D eigenvalue weighted by Gasteiger charge is 2.20. The lowest BCUT2D eigenvalue weighted by molar-refractivity contribution is 0.224. The van der Waals surface area contributed by atoms with Crippen LogP contribution in [-0.2, 0) is 19.5 Å². The second-order valence-electron chi connectivity index (χ2n) is 6.78. The lowest BCUT2D eigenvalue weighted by atomic mass is 10.1. The monoisotopic (exact) mass is 363 g/mol. The summed E-state index contributed by atoms with van der Waals surface area (Å²) >= 11 is 0. The van der Waals surface area contributed by atoms with E-state index in [0.29, 0.717) is 0 Å². The van der Waals surface area contributed by atoms with Gasteiger partial charge in [0.2, 0.25) is 0 Å². The van der Waals surface area contributed by atoms with Crippen LogP contribution >= 0.6 is 0 Å². The first-order chi connectivity index (χ1) is 13.3. The Kier molecular flexibility index (Phi) is 5.16. The first-order valence-corrected chi connectivity index (χ1v) is 9.58. The Bertz CT molecular complexity index is 889. The number of hydrogen-bond donors (Lipinski definition) is 0. The summed E-state index contributed by atoms with van der Waals surface area (Å²) in [6, 6.07) is 8.07. The molecule has 0 bridgehead atoms. The number of furan rings is 1. The Morgan fingerprint density at radius 3 is 2.81 bits per heavy atom. The third kappa shape index (κ3) is 3.85. The van der Waals surface area contributed by atoms with E-state index in [4.69, 9.17) is 9.40 Å². The van der Waals surface area contributed by atoms with E-state index in [9.17, 15) is 0 Å². The van der Waals surface area contributed by atoms with Crippen LogP contribution < -0.4 is 4.90 Å². The lowest BCUT2D eigenvalue weighted by Crippen LogP contribution is -2.30. The number of anilines is 1. The van der Waals surface area contributed by atoms with Gasteiger partial charge in [-0.05, 0) is 32.0 Å². The van der Waals surface area contributed by atoms with E-state index >= 15 is 0 Å². The highest BCUT2D eigenvalue weighted by atomic mass is 16.4. The fourth-order valence-corrected chi connectivity index (χ4v) is 3.52. The molecule has 0 saturated carbocycles. The summed E-state index contributed by atoms with van der Waals surface area (Å²) in [6.45, 7) is 8.83. The fourth-order valence-electron chi connectivity index (χ4n) is 3.52. The van der Waals surface area contributed by atoms with Crippen molar-refractivity contribution in [2.45, 2.75) is 33.4 Å². The third-order valence-corrected chi connectivity index (χ3v) is 5.03. The molecule has 3 aromatic heterocycles. The van der Waals surface area contributed by atoms with Crippen LogP contribution in [0.15, 0.2) is 47.3 Å². The van der Waals surface area contributed by atoms with E-state index in [0.717, 1.165) is 67.9 Å². The molecule has 3 aromatic rings. The molecule has 0 atom stereocenters. The molecule has 4 heterocycles. The minimum Gasteiger partial charge on any atom is -0.444 e. The molecule has 1 aliphatic rings. The molecule has 4 rings (SSSR count). The van der Waals surface area contributed by atoms with Gasteiger partial charge in [-0.1, -0.05) is 0 Å². The summed E-state index contributed by atoms with van der Waals surface area (Å²) in [7, 11) is 0. The zero-order chi connectivity index (χ0) is 18.6. The molecule has 0 radical (unpaired) electrons. The van der Waals surface area contributed by atoms with Crippen LogP contribution in [0.5, 0.6) is 0 Å². The molecule has 0 fully saturated rings. The topological polar surface area (TPSA) is 58.3 Å². The van der Waals surface area contributed by atoms with Crippen LogP contribution in [0.25, 0.3) is 11.4 Å². The summed E-state index contributed by atoms with van der Waals surface area (Å²) < 4.78 is 6.04. The number of rotatable bonds is 6. The van der Waals surface area contributed by atoms with E-state index in [1.807, 2.05) is 18.3 Å². The Balaban J connectivity index is 1.44. The molecule has 0 N–H and O–H groups in total. The summed E-state index contributed by atoms with van der Waals surface area (Å²) in [5, 5.41) is 0. The van der Waals surface area contributed by atoms with Gasteiger partial charge in [-0.25, -0.2) is 9.97 Å². The molecular formula is C21H25N5O. The minimum absolute atomic E-state index is 0.755. The van der Waals surface area contributed by atoms with Gasteiger partial charge in [0.1, 0.15) is 5.76 Å². The predicted molar refractivity (Wildman–Crippen MR) is 105 cm³/mol.